The van der Waals surface area contributed by atoms with Crippen LogP contribution >= 0.6 is 0 Å². The summed E-state index contributed by atoms with van der Waals surface area (Å²) in [6, 6.07) is 0.237. The Hall–Kier alpha value is -0.610. The molecule has 1 saturated heterocycles. The third-order valence-corrected chi connectivity index (χ3v) is 3.06. The molecule has 0 aromatic heterocycles. The average Bonchev–Trinajstić information content (AvgIpc) is 2.43. The molecule has 0 saturated carbocycles. The second-order valence-corrected chi connectivity index (χ2v) is 5.06. The minimum Gasteiger partial charge on any atom is -0.389 e. The van der Waals surface area contributed by atoms with Crippen LogP contribution in [0.3, 0.4) is 0 Å². The van der Waals surface area contributed by atoms with Crippen molar-refractivity contribution in [3.63, 3.8) is 0 Å². The van der Waals surface area contributed by atoms with E-state index in [-0.39, 0.29) is 11.9 Å². The van der Waals surface area contributed by atoms with Crippen LogP contribution in [0, 0.1) is 0 Å². The predicted molar refractivity (Wildman–Crippen MR) is 59.6 cm³/mol. The number of aliphatic hydroxyl groups is 1. The lowest BCUT2D eigenvalue weighted by Gasteiger charge is -2.25. The first kappa shape index (κ1) is 12.5. The molecule has 0 bridgehead atoms. The monoisotopic (exact) mass is 214 g/mol. The van der Waals surface area contributed by atoms with Crippen molar-refractivity contribution < 1.29 is 9.90 Å². The Labute approximate surface area is 91.9 Å². The van der Waals surface area contributed by atoms with Gasteiger partial charge in [-0.2, -0.15) is 0 Å². The van der Waals surface area contributed by atoms with E-state index in [2.05, 4.69) is 0 Å². The van der Waals surface area contributed by atoms with Crippen LogP contribution in [0.25, 0.3) is 0 Å². The van der Waals surface area contributed by atoms with E-state index in [0.29, 0.717) is 13.1 Å². The van der Waals surface area contributed by atoms with Crippen molar-refractivity contribution >= 4 is 5.91 Å². The number of β-amino-alcohol motifs (C(OH)–C–C–N with tert-alkyl or cyclic N) is 1. The van der Waals surface area contributed by atoms with Crippen molar-refractivity contribution in [1.82, 2.24) is 9.80 Å². The van der Waals surface area contributed by atoms with Gasteiger partial charge in [-0.1, -0.05) is 0 Å². The molecule has 4 heteroatoms. The summed E-state index contributed by atoms with van der Waals surface area (Å²) >= 11 is 0. The highest BCUT2D eigenvalue weighted by atomic mass is 16.3. The lowest BCUT2D eigenvalue weighted by Crippen LogP contribution is -2.41. The van der Waals surface area contributed by atoms with E-state index in [1.807, 2.05) is 32.7 Å². The second-order valence-electron chi connectivity index (χ2n) is 5.06. The zero-order valence-corrected chi connectivity index (χ0v) is 10.2. The van der Waals surface area contributed by atoms with Crippen LogP contribution in [-0.4, -0.2) is 59.1 Å². The summed E-state index contributed by atoms with van der Waals surface area (Å²) in [5, 5.41) is 9.76. The fourth-order valence-corrected chi connectivity index (χ4v) is 1.76. The van der Waals surface area contributed by atoms with E-state index in [0.717, 1.165) is 13.0 Å². The van der Waals surface area contributed by atoms with Gasteiger partial charge in [0.25, 0.3) is 0 Å². The molecule has 0 aliphatic carbocycles. The Kier molecular flexibility index (Phi) is 3.73. The summed E-state index contributed by atoms with van der Waals surface area (Å²) in [4.78, 5) is 15.5. The lowest BCUT2D eigenvalue weighted by atomic mass is 10.1. The first-order valence-corrected chi connectivity index (χ1v) is 5.52. The SMILES string of the molecule is CC(C)N(C)C(=O)CN1CCC(C)(O)C1. The smallest absolute Gasteiger partial charge is 0.236 e. The maximum Gasteiger partial charge on any atom is 0.236 e. The molecule has 1 fully saturated rings. The maximum atomic E-state index is 11.8. The number of likely N-dealkylation sites (tertiary alicyclic amines) is 1. The van der Waals surface area contributed by atoms with Gasteiger partial charge in [0, 0.05) is 26.2 Å². The predicted octanol–water partition coefficient (Wildman–Crippen LogP) is 0.310. The molecule has 88 valence electrons. The molecule has 1 atom stereocenters. The van der Waals surface area contributed by atoms with Gasteiger partial charge in [0.2, 0.25) is 5.91 Å². The molecule has 1 heterocycles. The summed E-state index contributed by atoms with van der Waals surface area (Å²) in [5.41, 5.74) is -0.614. The molecule has 1 N–H and O–H groups in total. The van der Waals surface area contributed by atoms with Crippen LogP contribution in [-0.2, 0) is 4.79 Å². The molecular formula is C11H22N2O2. The molecule has 1 amide bonds. The highest BCUT2D eigenvalue weighted by Gasteiger charge is 2.32. The highest BCUT2D eigenvalue weighted by molar-refractivity contribution is 5.78. The molecule has 1 aliphatic rings. The number of rotatable bonds is 3. The van der Waals surface area contributed by atoms with Crippen LogP contribution < -0.4 is 0 Å². The van der Waals surface area contributed by atoms with Crippen molar-refractivity contribution in [3.05, 3.63) is 0 Å². The Morgan fingerprint density at radius 2 is 2.20 bits per heavy atom. The highest BCUT2D eigenvalue weighted by Crippen LogP contribution is 2.19. The van der Waals surface area contributed by atoms with Gasteiger partial charge in [-0.25, -0.2) is 0 Å². The summed E-state index contributed by atoms with van der Waals surface area (Å²) in [5.74, 6) is 0.128. The van der Waals surface area contributed by atoms with Gasteiger partial charge >= 0.3 is 0 Å². The molecule has 15 heavy (non-hydrogen) atoms. The molecule has 1 aliphatic heterocycles. The summed E-state index contributed by atoms with van der Waals surface area (Å²) < 4.78 is 0. The Bertz CT molecular complexity index is 239. The van der Waals surface area contributed by atoms with Crippen molar-refractivity contribution in [2.75, 3.05) is 26.7 Å². The van der Waals surface area contributed by atoms with E-state index < -0.39 is 5.60 Å². The zero-order valence-electron chi connectivity index (χ0n) is 10.2. The minimum absolute atomic E-state index is 0.128. The number of amides is 1. The molecule has 1 rings (SSSR count). The van der Waals surface area contributed by atoms with Crippen LogP contribution in [0.1, 0.15) is 27.2 Å². The summed E-state index contributed by atoms with van der Waals surface area (Å²) in [6.07, 6.45) is 0.756. The number of likely N-dealkylation sites (N-methyl/N-ethyl adjacent to an activating group) is 1. The third-order valence-electron chi connectivity index (χ3n) is 3.06. The molecular weight excluding hydrogens is 192 g/mol. The lowest BCUT2D eigenvalue weighted by molar-refractivity contribution is -0.132. The van der Waals surface area contributed by atoms with Gasteiger partial charge in [-0.05, 0) is 27.2 Å². The van der Waals surface area contributed by atoms with Gasteiger partial charge < -0.3 is 10.0 Å². The van der Waals surface area contributed by atoms with Gasteiger partial charge in [0.15, 0.2) is 0 Å². The van der Waals surface area contributed by atoms with Crippen molar-refractivity contribution in [2.45, 2.75) is 38.8 Å². The van der Waals surface area contributed by atoms with E-state index in [1.165, 1.54) is 0 Å². The third kappa shape index (κ3) is 3.47. The molecule has 0 aromatic rings. The van der Waals surface area contributed by atoms with Gasteiger partial charge in [-0.3, -0.25) is 9.69 Å². The standard InChI is InChI=1S/C11H22N2O2/c1-9(2)12(4)10(14)7-13-6-5-11(3,15)8-13/h9,15H,5-8H2,1-4H3. The minimum atomic E-state index is -0.614. The Morgan fingerprint density at radius 1 is 1.60 bits per heavy atom. The van der Waals surface area contributed by atoms with E-state index >= 15 is 0 Å². The molecule has 4 nitrogen and oxygen atoms in total. The number of nitrogens with zero attached hydrogens (tertiary/aromatic N) is 2. The largest absolute Gasteiger partial charge is 0.389 e. The van der Waals surface area contributed by atoms with Crippen LogP contribution in [0.4, 0.5) is 0 Å². The quantitative estimate of drug-likeness (QED) is 0.735. The van der Waals surface area contributed by atoms with Crippen molar-refractivity contribution in [2.24, 2.45) is 0 Å². The maximum absolute atomic E-state index is 11.8. The van der Waals surface area contributed by atoms with Gasteiger partial charge in [-0.15, -0.1) is 0 Å². The van der Waals surface area contributed by atoms with Gasteiger partial charge in [0.1, 0.15) is 0 Å². The van der Waals surface area contributed by atoms with Crippen LogP contribution in [0.2, 0.25) is 0 Å². The van der Waals surface area contributed by atoms with Crippen LogP contribution in [0.5, 0.6) is 0 Å². The van der Waals surface area contributed by atoms with Crippen LogP contribution in [0.15, 0.2) is 0 Å². The Morgan fingerprint density at radius 3 is 2.60 bits per heavy atom. The normalized spacial score (nSPS) is 27.3. The number of carbonyl (C=O) groups excluding carboxylic acids is 1. The summed E-state index contributed by atoms with van der Waals surface area (Å²) in [6.45, 7) is 7.65. The fraction of sp³-hybridized carbons (Fsp3) is 0.909. The first-order chi connectivity index (χ1) is 6.82. The number of carbonyl (C=O) groups is 1. The number of hydrogen-bond donors (Lipinski definition) is 1. The molecule has 0 spiro atoms. The van der Waals surface area contributed by atoms with E-state index in [9.17, 15) is 9.90 Å². The molecule has 1 unspecified atom stereocenters. The number of hydrogen-bond acceptors (Lipinski definition) is 3. The Balaban J connectivity index is 2.40. The van der Waals surface area contributed by atoms with Crippen molar-refractivity contribution in [1.29, 1.82) is 0 Å². The van der Waals surface area contributed by atoms with E-state index in [4.69, 9.17) is 0 Å². The van der Waals surface area contributed by atoms with Gasteiger partial charge in [0.05, 0.1) is 12.1 Å². The summed E-state index contributed by atoms with van der Waals surface area (Å²) in [7, 11) is 1.82. The molecule has 0 radical (unpaired) electrons. The molecule has 0 aromatic carbocycles. The fourth-order valence-electron chi connectivity index (χ4n) is 1.76. The topological polar surface area (TPSA) is 43.8 Å². The average molecular weight is 214 g/mol. The van der Waals surface area contributed by atoms with Crippen molar-refractivity contribution in [3.8, 4) is 0 Å². The second kappa shape index (κ2) is 4.49. The first-order valence-electron chi connectivity index (χ1n) is 5.52. The zero-order chi connectivity index (χ0) is 11.6. The van der Waals surface area contributed by atoms with E-state index in [1.54, 1.807) is 4.90 Å².